The predicted octanol–water partition coefficient (Wildman–Crippen LogP) is 2.29. The van der Waals surface area contributed by atoms with Gasteiger partial charge in [-0.05, 0) is 31.2 Å². The number of carbonyl (C=O) groups excluding carboxylic acids is 1. The number of piperazine rings is 1. The van der Waals surface area contributed by atoms with Crippen LogP contribution in [0.4, 0.5) is 23.3 Å². The molecular weight excluding hydrogens is 428 g/mol. The lowest BCUT2D eigenvalue weighted by molar-refractivity contribution is -0.117. The minimum Gasteiger partial charge on any atom is -0.368 e. The molecule has 0 aromatic carbocycles. The summed E-state index contributed by atoms with van der Waals surface area (Å²) in [5.74, 6) is 1.58. The van der Waals surface area contributed by atoms with E-state index < -0.39 is 0 Å². The van der Waals surface area contributed by atoms with Crippen molar-refractivity contribution >= 4 is 40.8 Å². The third-order valence-corrected chi connectivity index (χ3v) is 6.18. The fraction of sp³-hybridized carbons (Fsp3) is 0.455. The quantitative estimate of drug-likeness (QED) is 0.613. The topological polar surface area (TPSA) is 89.5 Å². The van der Waals surface area contributed by atoms with E-state index in [4.69, 9.17) is 11.6 Å². The summed E-state index contributed by atoms with van der Waals surface area (Å²) in [5, 5.41) is 6.56. The number of nitrogens with zero attached hydrogens (tertiary/aromatic N) is 6. The van der Waals surface area contributed by atoms with Crippen LogP contribution in [0.2, 0.25) is 5.02 Å². The van der Waals surface area contributed by atoms with Crippen LogP contribution in [0.15, 0.2) is 37.2 Å². The van der Waals surface area contributed by atoms with Crippen LogP contribution in [-0.4, -0.2) is 77.6 Å². The number of anilines is 4. The normalized spacial score (nSPS) is 19.1. The minimum atomic E-state index is -0.172. The highest BCUT2D eigenvalue weighted by atomic mass is 35.5. The molecule has 2 aliphatic rings. The molecule has 0 aliphatic carbocycles. The molecule has 2 N–H and O–H groups in total. The molecule has 170 valence electrons. The maximum atomic E-state index is 11.6. The van der Waals surface area contributed by atoms with E-state index in [9.17, 15) is 4.79 Å². The summed E-state index contributed by atoms with van der Waals surface area (Å²) < 4.78 is 0. The fourth-order valence-electron chi connectivity index (χ4n) is 4.05. The molecule has 9 nitrogen and oxygen atoms in total. The largest absolute Gasteiger partial charge is 0.368 e. The first-order chi connectivity index (χ1) is 15.6. The standard InChI is InChI=1S/C22H29ClN8O/c1-3-20(32)26-16-7-8-31(15-16)21-18(23)14-25-22(28-21)27-19-6-5-17(13-24-19)30-11-9-29(4-2)10-12-30/h3,5-6,13-14,16H,1,4,7-12,15H2,2H3,(H,26,32)(H,24,25,27,28)/t16-/m1/s1. The van der Waals surface area contributed by atoms with Crippen molar-refractivity contribution in [2.24, 2.45) is 0 Å². The SMILES string of the molecule is C=CC(=O)N[C@@H]1CCN(c2nc(Nc3ccc(N4CCN(CC)CC4)cn3)ncc2Cl)C1. The van der Waals surface area contributed by atoms with E-state index in [0.717, 1.165) is 51.4 Å². The van der Waals surface area contributed by atoms with Crippen LogP contribution in [0, 0.1) is 0 Å². The number of hydrogen-bond acceptors (Lipinski definition) is 8. The molecule has 2 saturated heterocycles. The highest BCUT2D eigenvalue weighted by Gasteiger charge is 2.26. The number of carbonyl (C=O) groups is 1. The third-order valence-electron chi connectivity index (χ3n) is 5.92. The second kappa shape index (κ2) is 10.1. The zero-order valence-electron chi connectivity index (χ0n) is 18.3. The van der Waals surface area contributed by atoms with Gasteiger partial charge in [-0.1, -0.05) is 25.1 Å². The first-order valence-corrected chi connectivity index (χ1v) is 11.3. The zero-order valence-corrected chi connectivity index (χ0v) is 19.1. The van der Waals surface area contributed by atoms with E-state index >= 15 is 0 Å². The summed E-state index contributed by atoms with van der Waals surface area (Å²) in [4.78, 5) is 31.9. The van der Waals surface area contributed by atoms with E-state index in [1.165, 1.54) is 6.08 Å². The van der Waals surface area contributed by atoms with Gasteiger partial charge in [0.25, 0.3) is 0 Å². The zero-order chi connectivity index (χ0) is 22.5. The van der Waals surface area contributed by atoms with Crippen LogP contribution < -0.4 is 20.4 Å². The van der Waals surface area contributed by atoms with Crippen LogP contribution >= 0.6 is 11.6 Å². The van der Waals surface area contributed by atoms with Gasteiger partial charge in [0, 0.05) is 45.3 Å². The lowest BCUT2D eigenvalue weighted by atomic mass is 10.2. The molecule has 0 saturated carbocycles. The van der Waals surface area contributed by atoms with Gasteiger partial charge in [-0.3, -0.25) is 4.79 Å². The van der Waals surface area contributed by atoms with E-state index in [0.29, 0.717) is 29.2 Å². The molecule has 0 unspecified atom stereocenters. The van der Waals surface area contributed by atoms with Crippen LogP contribution in [0.5, 0.6) is 0 Å². The number of halogens is 1. The molecule has 0 spiro atoms. The van der Waals surface area contributed by atoms with Crippen molar-refractivity contribution in [1.29, 1.82) is 0 Å². The average Bonchev–Trinajstić information content (AvgIpc) is 3.29. The summed E-state index contributed by atoms with van der Waals surface area (Å²) in [5.41, 5.74) is 1.12. The Bertz CT molecular complexity index is 945. The first-order valence-electron chi connectivity index (χ1n) is 11.0. The van der Waals surface area contributed by atoms with Gasteiger partial charge in [0.1, 0.15) is 10.8 Å². The second-order valence-corrected chi connectivity index (χ2v) is 8.36. The van der Waals surface area contributed by atoms with Crippen molar-refractivity contribution in [3.63, 3.8) is 0 Å². The molecule has 1 atom stereocenters. The summed E-state index contributed by atoms with van der Waals surface area (Å²) >= 11 is 6.36. The van der Waals surface area contributed by atoms with Gasteiger partial charge in [-0.15, -0.1) is 0 Å². The average molecular weight is 457 g/mol. The maximum absolute atomic E-state index is 11.6. The summed E-state index contributed by atoms with van der Waals surface area (Å²) in [6, 6.07) is 4.05. The number of aromatic nitrogens is 3. The Morgan fingerprint density at radius 1 is 1.19 bits per heavy atom. The lowest BCUT2D eigenvalue weighted by Crippen LogP contribution is -2.46. The lowest BCUT2D eigenvalue weighted by Gasteiger charge is -2.35. The monoisotopic (exact) mass is 456 g/mol. The van der Waals surface area contributed by atoms with Crippen LogP contribution in [-0.2, 0) is 4.79 Å². The predicted molar refractivity (Wildman–Crippen MR) is 128 cm³/mol. The number of pyridine rings is 1. The molecule has 2 aromatic heterocycles. The number of amides is 1. The van der Waals surface area contributed by atoms with Gasteiger partial charge in [0.15, 0.2) is 5.82 Å². The summed E-state index contributed by atoms with van der Waals surface area (Å²) in [7, 11) is 0. The number of nitrogens with one attached hydrogen (secondary N) is 2. The van der Waals surface area contributed by atoms with Crippen molar-refractivity contribution in [1.82, 2.24) is 25.2 Å². The molecule has 32 heavy (non-hydrogen) atoms. The summed E-state index contributed by atoms with van der Waals surface area (Å²) in [6.45, 7) is 12.3. The van der Waals surface area contributed by atoms with E-state index in [-0.39, 0.29) is 11.9 Å². The molecule has 10 heteroatoms. The van der Waals surface area contributed by atoms with Crippen molar-refractivity contribution in [2.75, 3.05) is 60.9 Å². The Labute approximate surface area is 193 Å². The van der Waals surface area contributed by atoms with Gasteiger partial charge < -0.3 is 25.3 Å². The molecule has 1 amide bonds. The van der Waals surface area contributed by atoms with Gasteiger partial charge in [-0.25, -0.2) is 9.97 Å². The Hall–Kier alpha value is -2.91. The molecule has 2 fully saturated rings. The smallest absolute Gasteiger partial charge is 0.243 e. The Kier molecular flexibility index (Phi) is 7.06. The molecule has 4 rings (SSSR count). The second-order valence-electron chi connectivity index (χ2n) is 7.96. The molecule has 4 heterocycles. The van der Waals surface area contributed by atoms with Gasteiger partial charge in [-0.2, -0.15) is 4.98 Å². The molecule has 2 aromatic rings. The molecule has 2 aliphatic heterocycles. The highest BCUT2D eigenvalue weighted by molar-refractivity contribution is 6.32. The van der Waals surface area contributed by atoms with E-state index in [2.05, 4.69) is 59.9 Å². The molecule has 0 radical (unpaired) electrons. The fourth-order valence-corrected chi connectivity index (χ4v) is 4.27. The van der Waals surface area contributed by atoms with Crippen molar-refractivity contribution in [2.45, 2.75) is 19.4 Å². The van der Waals surface area contributed by atoms with Crippen molar-refractivity contribution in [3.05, 3.63) is 42.2 Å². The van der Waals surface area contributed by atoms with Crippen LogP contribution in [0.25, 0.3) is 0 Å². The number of hydrogen-bond donors (Lipinski definition) is 2. The first kappa shape index (κ1) is 22.3. The van der Waals surface area contributed by atoms with Crippen molar-refractivity contribution < 1.29 is 4.79 Å². The van der Waals surface area contributed by atoms with Gasteiger partial charge in [0.2, 0.25) is 11.9 Å². The maximum Gasteiger partial charge on any atom is 0.243 e. The Balaban J connectivity index is 1.39. The van der Waals surface area contributed by atoms with Crippen molar-refractivity contribution in [3.8, 4) is 0 Å². The Morgan fingerprint density at radius 3 is 2.69 bits per heavy atom. The van der Waals surface area contributed by atoms with Gasteiger partial charge in [0.05, 0.1) is 18.1 Å². The van der Waals surface area contributed by atoms with Crippen LogP contribution in [0.3, 0.4) is 0 Å². The van der Waals surface area contributed by atoms with E-state index in [1.54, 1.807) is 6.20 Å². The van der Waals surface area contributed by atoms with Gasteiger partial charge >= 0.3 is 0 Å². The Morgan fingerprint density at radius 2 is 2.00 bits per heavy atom. The minimum absolute atomic E-state index is 0.0383. The number of likely N-dealkylation sites (N-methyl/N-ethyl adjacent to an activating group) is 1. The number of rotatable bonds is 7. The summed E-state index contributed by atoms with van der Waals surface area (Å²) in [6.07, 6.45) is 5.57. The third kappa shape index (κ3) is 5.28. The highest BCUT2D eigenvalue weighted by Crippen LogP contribution is 2.28. The van der Waals surface area contributed by atoms with Crippen LogP contribution in [0.1, 0.15) is 13.3 Å². The molecular formula is C22H29ClN8O. The van der Waals surface area contributed by atoms with E-state index in [1.807, 2.05) is 12.3 Å². The molecule has 0 bridgehead atoms.